The Bertz CT molecular complexity index is 924. The average Bonchev–Trinajstić information content (AvgIpc) is 3.26. The van der Waals surface area contributed by atoms with Crippen LogP contribution in [0.25, 0.3) is 0 Å². The number of allylic oxidation sites excluding steroid dienone is 2. The maximum absolute atomic E-state index is 13.5. The fourth-order valence-electron chi connectivity index (χ4n) is 4.28. The number of nitriles is 1. The number of amides is 1. The van der Waals surface area contributed by atoms with Gasteiger partial charge in [0, 0.05) is 25.4 Å². The normalized spacial score (nSPS) is 19.0. The van der Waals surface area contributed by atoms with Crippen molar-refractivity contribution in [3.63, 3.8) is 0 Å². The number of hydrogen-bond donors (Lipinski definition) is 3. The van der Waals surface area contributed by atoms with Crippen LogP contribution < -0.4 is 16.0 Å². The van der Waals surface area contributed by atoms with Crippen LogP contribution in [0.5, 0.6) is 0 Å². The lowest BCUT2D eigenvalue weighted by molar-refractivity contribution is -0.118. The molecular formula is C31H54N6O2. The second kappa shape index (κ2) is 17.0. The van der Waals surface area contributed by atoms with Gasteiger partial charge in [0.25, 0.3) is 5.91 Å². The van der Waals surface area contributed by atoms with E-state index in [0.29, 0.717) is 23.2 Å². The van der Waals surface area contributed by atoms with Crippen molar-refractivity contribution in [3.05, 3.63) is 47.7 Å². The van der Waals surface area contributed by atoms with Crippen LogP contribution >= 0.6 is 0 Å². The molecule has 0 aliphatic carbocycles. The van der Waals surface area contributed by atoms with Crippen LogP contribution in [-0.2, 0) is 9.53 Å². The Kier molecular flexibility index (Phi) is 15.0. The van der Waals surface area contributed by atoms with E-state index in [2.05, 4.69) is 93.6 Å². The molecule has 1 rings (SSSR count). The summed E-state index contributed by atoms with van der Waals surface area (Å²) in [6.45, 7) is 16.4. The van der Waals surface area contributed by atoms with E-state index in [1.807, 2.05) is 26.0 Å². The van der Waals surface area contributed by atoms with Crippen molar-refractivity contribution < 1.29 is 9.53 Å². The number of likely N-dealkylation sites (N-methyl/N-ethyl adjacent to an activating group) is 3. The highest BCUT2D eigenvalue weighted by Gasteiger charge is 2.32. The number of nitrogens with one attached hydrogen (secondary N) is 3. The molecule has 220 valence electrons. The maximum atomic E-state index is 13.5. The number of nitrogens with zero attached hydrogens (tertiary/aromatic N) is 3. The first-order chi connectivity index (χ1) is 18.4. The van der Waals surface area contributed by atoms with E-state index in [9.17, 15) is 4.79 Å². The molecule has 3 N–H and O–H groups in total. The second-order valence-electron chi connectivity index (χ2n) is 11.9. The van der Waals surface area contributed by atoms with Gasteiger partial charge in [-0.25, -0.2) is 0 Å². The topological polar surface area (TPSA) is 92.7 Å². The van der Waals surface area contributed by atoms with Crippen LogP contribution in [0.1, 0.15) is 74.1 Å². The van der Waals surface area contributed by atoms with Crippen molar-refractivity contribution in [3.8, 4) is 6.07 Å². The van der Waals surface area contributed by atoms with Gasteiger partial charge < -0.3 is 20.3 Å². The van der Waals surface area contributed by atoms with Gasteiger partial charge in [-0.05, 0) is 44.2 Å². The highest BCUT2D eigenvalue weighted by atomic mass is 16.5. The molecule has 0 aromatic heterocycles. The van der Waals surface area contributed by atoms with Crippen LogP contribution in [0.15, 0.2) is 47.7 Å². The van der Waals surface area contributed by atoms with Gasteiger partial charge in [0.1, 0.15) is 24.7 Å². The van der Waals surface area contributed by atoms with Crippen molar-refractivity contribution >= 4 is 5.91 Å². The predicted octanol–water partition coefficient (Wildman–Crippen LogP) is 5.07. The van der Waals surface area contributed by atoms with E-state index in [4.69, 9.17) is 10.00 Å². The van der Waals surface area contributed by atoms with E-state index in [0.717, 1.165) is 37.8 Å². The van der Waals surface area contributed by atoms with Crippen molar-refractivity contribution in [2.24, 2.45) is 17.3 Å². The summed E-state index contributed by atoms with van der Waals surface area (Å²) in [5.41, 5.74) is 2.32. The Morgan fingerprint density at radius 1 is 1.28 bits per heavy atom. The Balaban J connectivity index is 3.16. The molecule has 0 radical (unpaired) electrons. The third-order valence-electron chi connectivity index (χ3n) is 6.96. The lowest BCUT2D eigenvalue weighted by Gasteiger charge is -2.32. The maximum Gasteiger partial charge on any atom is 0.275 e. The summed E-state index contributed by atoms with van der Waals surface area (Å²) in [5.74, 6) is 0.600. The van der Waals surface area contributed by atoms with Gasteiger partial charge in [0.05, 0.1) is 11.8 Å². The largest absolute Gasteiger partial charge is 0.472 e. The van der Waals surface area contributed by atoms with E-state index in [1.165, 1.54) is 0 Å². The monoisotopic (exact) mass is 542 g/mol. The summed E-state index contributed by atoms with van der Waals surface area (Å²) >= 11 is 0. The van der Waals surface area contributed by atoms with Crippen LogP contribution in [0.2, 0.25) is 0 Å². The van der Waals surface area contributed by atoms with Gasteiger partial charge in [-0.2, -0.15) is 5.26 Å². The third-order valence-corrected chi connectivity index (χ3v) is 6.96. The molecule has 8 heteroatoms. The molecule has 0 saturated carbocycles. The minimum atomic E-state index is -0.371. The van der Waals surface area contributed by atoms with Crippen LogP contribution in [0.3, 0.4) is 0 Å². The van der Waals surface area contributed by atoms with Crippen LogP contribution in [0, 0.1) is 28.6 Å². The molecule has 4 atom stereocenters. The lowest BCUT2D eigenvalue weighted by atomic mass is 9.92. The molecule has 1 aliphatic rings. The number of ether oxygens (including phenoxy) is 1. The van der Waals surface area contributed by atoms with Crippen molar-refractivity contribution in [1.29, 1.82) is 5.26 Å². The smallest absolute Gasteiger partial charge is 0.275 e. The molecule has 0 fully saturated rings. The molecule has 39 heavy (non-hydrogen) atoms. The third kappa shape index (κ3) is 11.9. The Hall–Kier alpha value is -2.76. The van der Waals surface area contributed by atoms with Gasteiger partial charge >= 0.3 is 0 Å². The summed E-state index contributed by atoms with van der Waals surface area (Å²) in [4.78, 5) is 17.6. The van der Waals surface area contributed by atoms with Crippen molar-refractivity contribution in [1.82, 2.24) is 25.8 Å². The summed E-state index contributed by atoms with van der Waals surface area (Å²) in [6.07, 6.45) is 13.5. The van der Waals surface area contributed by atoms with Gasteiger partial charge in [-0.3, -0.25) is 15.0 Å². The SMILES string of the molecule is CCCC(C)/C=C(\C=C/C(C)CC)C1OC=C(C(=O)N/C(=C/NCC#N)C(NC)N(C)CCC(C)(C)C)N1C. The number of hydrogen-bond acceptors (Lipinski definition) is 7. The minimum Gasteiger partial charge on any atom is -0.472 e. The van der Waals surface area contributed by atoms with E-state index in [-0.39, 0.29) is 30.3 Å². The van der Waals surface area contributed by atoms with Crippen LogP contribution in [0.4, 0.5) is 0 Å². The molecule has 1 aliphatic heterocycles. The molecule has 0 aromatic rings. The highest BCUT2D eigenvalue weighted by Crippen LogP contribution is 2.27. The van der Waals surface area contributed by atoms with Crippen molar-refractivity contribution in [2.45, 2.75) is 86.5 Å². The Morgan fingerprint density at radius 2 is 1.97 bits per heavy atom. The molecule has 0 aromatic carbocycles. The number of carbonyl (C=O) groups is 1. The van der Waals surface area contributed by atoms with E-state index >= 15 is 0 Å². The van der Waals surface area contributed by atoms with Gasteiger partial charge in [-0.15, -0.1) is 0 Å². The zero-order valence-corrected chi connectivity index (χ0v) is 26.1. The van der Waals surface area contributed by atoms with E-state index in [1.54, 1.807) is 12.5 Å². The van der Waals surface area contributed by atoms with Gasteiger partial charge in [-0.1, -0.05) is 79.5 Å². The molecule has 0 spiro atoms. The molecular weight excluding hydrogens is 488 g/mol. The first kappa shape index (κ1) is 34.3. The van der Waals surface area contributed by atoms with Gasteiger partial charge in [0.2, 0.25) is 0 Å². The predicted molar refractivity (Wildman–Crippen MR) is 161 cm³/mol. The fourth-order valence-corrected chi connectivity index (χ4v) is 4.28. The molecule has 4 unspecified atom stereocenters. The molecule has 1 heterocycles. The average molecular weight is 543 g/mol. The van der Waals surface area contributed by atoms with E-state index < -0.39 is 0 Å². The molecule has 1 amide bonds. The fraction of sp³-hybridized carbons (Fsp3) is 0.677. The molecule has 8 nitrogen and oxygen atoms in total. The number of rotatable bonds is 16. The van der Waals surface area contributed by atoms with Gasteiger partial charge in [0.15, 0.2) is 6.23 Å². The number of carbonyl (C=O) groups excluding carboxylic acids is 1. The highest BCUT2D eigenvalue weighted by molar-refractivity contribution is 5.94. The lowest BCUT2D eigenvalue weighted by Crippen LogP contribution is -2.49. The second-order valence-corrected chi connectivity index (χ2v) is 11.9. The molecule has 0 saturated heterocycles. The quantitative estimate of drug-likeness (QED) is 0.109. The minimum absolute atomic E-state index is 0.141. The summed E-state index contributed by atoms with van der Waals surface area (Å²) < 4.78 is 6.08. The first-order valence-electron chi connectivity index (χ1n) is 14.4. The molecule has 0 bridgehead atoms. The zero-order valence-electron chi connectivity index (χ0n) is 26.1. The Labute approximate surface area is 238 Å². The van der Waals surface area contributed by atoms with Crippen LogP contribution in [-0.4, -0.2) is 62.3 Å². The summed E-state index contributed by atoms with van der Waals surface area (Å²) in [6, 6.07) is 2.08. The zero-order chi connectivity index (χ0) is 29.6. The first-order valence-corrected chi connectivity index (χ1v) is 14.4. The van der Waals surface area contributed by atoms with Crippen molar-refractivity contribution in [2.75, 3.05) is 34.2 Å². The Morgan fingerprint density at radius 3 is 2.54 bits per heavy atom. The summed E-state index contributed by atoms with van der Waals surface area (Å²) in [7, 11) is 5.77. The standard InChI is InChI=1S/C31H54N6O2/c1-11-13-24(4)20-25(15-14-23(3)12-2)30-37(10)27(22-39-30)29(38)35-26(21-34-18-17-32)28(33-8)36(9)19-16-31(5,6)7/h14-15,20-24,28,30,33-34H,11-13,16,18-19H2,1-10H3,(H,35,38)/b15-14-,25-20+,26-21+. The summed E-state index contributed by atoms with van der Waals surface area (Å²) in [5, 5.41) is 18.4.